The zero-order valence-electron chi connectivity index (χ0n) is 13.0. The average molecular weight is 348 g/mol. The summed E-state index contributed by atoms with van der Waals surface area (Å²) in [7, 11) is 3.10. The Bertz CT molecular complexity index is 822. The van der Waals surface area contributed by atoms with Gasteiger partial charge in [-0.15, -0.1) is 5.10 Å². The van der Waals surface area contributed by atoms with Gasteiger partial charge in [0, 0.05) is 6.07 Å². The molecule has 2 aromatic heterocycles. The summed E-state index contributed by atoms with van der Waals surface area (Å²) < 4.78 is 17.2. The second-order valence-electron chi connectivity index (χ2n) is 4.67. The van der Waals surface area contributed by atoms with Crippen LogP contribution in [-0.2, 0) is 6.61 Å². The van der Waals surface area contributed by atoms with Crippen molar-refractivity contribution in [1.29, 1.82) is 0 Å². The number of nitrogens with zero attached hydrogens (tertiary/aromatic N) is 5. The van der Waals surface area contributed by atoms with E-state index in [9.17, 15) is 0 Å². The van der Waals surface area contributed by atoms with Crippen molar-refractivity contribution in [3.8, 4) is 23.2 Å². The molecule has 0 atom stereocenters. The van der Waals surface area contributed by atoms with E-state index in [0.717, 1.165) is 5.69 Å². The van der Waals surface area contributed by atoms with Gasteiger partial charge in [-0.05, 0) is 12.1 Å². The van der Waals surface area contributed by atoms with E-state index in [4.69, 9.17) is 25.8 Å². The Morgan fingerprint density at radius 3 is 2.62 bits per heavy atom. The molecule has 0 bridgehead atoms. The highest BCUT2D eigenvalue weighted by molar-refractivity contribution is 6.32. The van der Waals surface area contributed by atoms with Gasteiger partial charge >= 0.3 is 6.01 Å². The van der Waals surface area contributed by atoms with Gasteiger partial charge in [-0.2, -0.15) is 9.97 Å². The van der Waals surface area contributed by atoms with Crippen LogP contribution in [0.5, 0.6) is 17.5 Å². The molecule has 0 radical (unpaired) electrons. The van der Waals surface area contributed by atoms with E-state index in [1.165, 1.54) is 12.4 Å². The van der Waals surface area contributed by atoms with Crippen LogP contribution in [0.15, 0.2) is 36.8 Å². The molecule has 8 nitrogen and oxygen atoms in total. The minimum Gasteiger partial charge on any atom is -0.495 e. The van der Waals surface area contributed by atoms with Crippen molar-refractivity contribution in [2.24, 2.45) is 0 Å². The fourth-order valence-electron chi connectivity index (χ4n) is 1.90. The summed E-state index contributed by atoms with van der Waals surface area (Å²) in [5.41, 5.74) is 1.40. The first-order valence-corrected chi connectivity index (χ1v) is 7.31. The van der Waals surface area contributed by atoms with Crippen molar-refractivity contribution in [2.45, 2.75) is 6.61 Å². The number of hydrogen-bond donors (Lipinski definition) is 0. The van der Waals surface area contributed by atoms with E-state index in [1.807, 2.05) is 6.07 Å². The van der Waals surface area contributed by atoms with Crippen molar-refractivity contribution in [2.75, 3.05) is 14.2 Å². The minimum atomic E-state index is 0.192. The molecule has 0 saturated carbocycles. The molecule has 3 aromatic rings. The van der Waals surface area contributed by atoms with Crippen LogP contribution >= 0.6 is 11.6 Å². The van der Waals surface area contributed by atoms with Crippen LogP contribution in [0.25, 0.3) is 5.69 Å². The number of hydrogen-bond acceptors (Lipinski definition) is 7. The summed E-state index contributed by atoms with van der Waals surface area (Å²) in [5, 5.41) is 8.64. The molecule has 0 unspecified atom stereocenters. The Hall–Kier alpha value is -2.87. The fourth-order valence-corrected chi connectivity index (χ4v) is 2.10. The lowest BCUT2D eigenvalue weighted by Crippen LogP contribution is -2.00. The summed E-state index contributed by atoms with van der Waals surface area (Å²) in [4.78, 5) is 8.03. The van der Waals surface area contributed by atoms with Crippen LogP contribution in [0.1, 0.15) is 5.69 Å². The predicted octanol–water partition coefficient (Wildman–Crippen LogP) is 2.31. The number of halogens is 1. The molecule has 3 rings (SSSR count). The number of ether oxygens (including phenoxy) is 3. The normalized spacial score (nSPS) is 10.5. The van der Waals surface area contributed by atoms with E-state index in [2.05, 4.69) is 20.3 Å². The zero-order chi connectivity index (χ0) is 16.9. The maximum absolute atomic E-state index is 6.02. The van der Waals surface area contributed by atoms with Crippen LogP contribution < -0.4 is 14.2 Å². The molecule has 124 valence electrons. The first-order valence-electron chi connectivity index (χ1n) is 6.93. The summed E-state index contributed by atoms with van der Waals surface area (Å²) >= 11 is 6.02. The SMILES string of the molecule is COc1cnc(OCc2cn(-c3ccc(Cl)c(OC)c3)nn2)nc1. The number of rotatable bonds is 6. The lowest BCUT2D eigenvalue weighted by Gasteiger charge is -2.05. The number of benzene rings is 1. The van der Waals surface area contributed by atoms with E-state index in [1.54, 1.807) is 37.2 Å². The highest BCUT2D eigenvalue weighted by Crippen LogP contribution is 2.26. The molecule has 9 heteroatoms. The smallest absolute Gasteiger partial charge is 0.316 e. The van der Waals surface area contributed by atoms with Crippen molar-refractivity contribution < 1.29 is 14.2 Å². The van der Waals surface area contributed by atoms with Gasteiger partial charge in [-0.3, -0.25) is 0 Å². The predicted molar refractivity (Wildman–Crippen MR) is 85.8 cm³/mol. The van der Waals surface area contributed by atoms with Gasteiger partial charge in [0.05, 0.1) is 43.5 Å². The van der Waals surface area contributed by atoms with Crippen LogP contribution in [0.4, 0.5) is 0 Å². The molecular formula is C15H14ClN5O3. The van der Waals surface area contributed by atoms with E-state index in [0.29, 0.717) is 22.2 Å². The molecule has 0 N–H and O–H groups in total. The van der Waals surface area contributed by atoms with Gasteiger partial charge in [0.25, 0.3) is 0 Å². The van der Waals surface area contributed by atoms with Gasteiger partial charge in [-0.1, -0.05) is 16.8 Å². The van der Waals surface area contributed by atoms with E-state index >= 15 is 0 Å². The quantitative estimate of drug-likeness (QED) is 0.676. The van der Waals surface area contributed by atoms with Gasteiger partial charge in [-0.25, -0.2) is 4.68 Å². The molecule has 0 aliphatic rings. The molecule has 0 aliphatic heterocycles. The monoisotopic (exact) mass is 347 g/mol. The van der Waals surface area contributed by atoms with Gasteiger partial charge in [0.15, 0.2) is 5.75 Å². The van der Waals surface area contributed by atoms with Crippen molar-refractivity contribution in [3.05, 3.63) is 47.5 Å². The number of methoxy groups -OCH3 is 2. The lowest BCUT2D eigenvalue weighted by molar-refractivity contribution is 0.274. The maximum atomic E-state index is 6.02. The third kappa shape index (κ3) is 3.54. The Morgan fingerprint density at radius 1 is 1.12 bits per heavy atom. The highest BCUT2D eigenvalue weighted by Gasteiger charge is 2.08. The van der Waals surface area contributed by atoms with Crippen LogP contribution in [0.2, 0.25) is 5.02 Å². The topological polar surface area (TPSA) is 84.2 Å². The molecule has 0 spiro atoms. The van der Waals surface area contributed by atoms with Crippen LogP contribution in [-0.4, -0.2) is 39.2 Å². The fraction of sp³-hybridized carbons (Fsp3) is 0.200. The summed E-state index contributed by atoms with van der Waals surface area (Å²) in [5.74, 6) is 1.12. The Kier molecular flexibility index (Phi) is 4.76. The Balaban J connectivity index is 1.68. The van der Waals surface area contributed by atoms with Crippen molar-refractivity contribution in [1.82, 2.24) is 25.0 Å². The maximum Gasteiger partial charge on any atom is 0.316 e. The Labute approximate surface area is 143 Å². The molecule has 0 aliphatic carbocycles. The second-order valence-corrected chi connectivity index (χ2v) is 5.07. The third-order valence-electron chi connectivity index (χ3n) is 3.13. The van der Waals surface area contributed by atoms with E-state index < -0.39 is 0 Å². The van der Waals surface area contributed by atoms with Crippen molar-refractivity contribution >= 4 is 11.6 Å². The summed E-state index contributed by atoms with van der Waals surface area (Å²) in [6.45, 7) is 0.192. The molecule has 0 fully saturated rings. The number of aromatic nitrogens is 5. The molecule has 0 amide bonds. The van der Waals surface area contributed by atoms with E-state index in [-0.39, 0.29) is 12.6 Å². The molecule has 1 aromatic carbocycles. The largest absolute Gasteiger partial charge is 0.495 e. The average Bonchev–Trinajstić information content (AvgIpc) is 3.10. The lowest BCUT2D eigenvalue weighted by atomic mass is 10.3. The highest BCUT2D eigenvalue weighted by atomic mass is 35.5. The van der Waals surface area contributed by atoms with Crippen molar-refractivity contribution in [3.63, 3.8) is 0 Å². The first kappa shape index (κ1) is 16.0. The Morgan fingerprint density at radius 2 is 1.92 bits per heavy atom. The standard InChI is InChI=1S/C15H14ClN5O3/c1-22-12-6-17-15(18-7-12)24-9-10-8-21(20-19-10)11-3-4-13(16)14(5-11)23-2/h3-8H,9H2,1-2H3. The third-order valence-corrected chi connectivity index (χ3v) is 3.44. The molecule has 2 heterocycles. The van der Waals surface area contributed by atoms with Gasteiger partial charge < -0.3 is 14.2 Å². The van der Waals surface area contributed by atoms with Gasteiger partial charge in [0.1, 0.15) is 18.1 Å². The second kappa shape index (κ2) is 7.14. The first-order chi connectivity index (χ1) is 11.7. The summed E-state index contributed by atoms with van der Waals surface area (Å²) in [6, 6.07) is 5.56. The zero-order valence-corrected chi connectivity index (χ0v) is 13.8. The summed E-state index contributed by atoms with van der Waals surface area (Å²) in [6.07, 6.45) is 4.80. The molecule has 0 saturated heterocycles. The van der Waals surface area contributed by atoms with Crippen LogP contribution in [0.3, 0.4) is 0 Å². The minimum absolute atomic E-state index is 0.192. The molecule has 24 heavy (non-hydrogen) atoms. The van der Waals surface area contributed by atoms with Crippen LogP contribution in [0, 0.1) is 0 Å². The molecular weight excluding hydrogens is 334 g/mol. The van der Waals surface area contributed by atoms with Gasteiger partial charge in [0.2, 0.25) is 0 Å².